The number of rotatable bonds is 6. The van der Waals surface area contributed by atoms with Crippen molar-refractivity contribution in [2.75, 3.05) is 6.61 Å². The number of carbonyl (C=O) groups excluding carboxylic acids is 3. The first-order valence-electron chi connectivity index (χ1n) is 10.5. The van der Waals surface area contributed by atoms with Crippen LogP contribution in [0.1, 0.15) is 68.6 Å². The van der Waals surface area contributed by atoms with Crippen molar-refractivity contribution in [2.45, 2.75) is 59.0 Å². The average molecular weight is 423 g/mol. The van der Waals surface area contributed by atoms with Gasteiger partial charge in [0.25, 0.3) is 5.91 Å². The standard InChI is InChI=1S/C25H30N2O4/c1-7-31-21-13-8-17(16(2)28)14-18(21)15-27-22(29)25(6,26-23(27)30)20-11-9-19(10-12-20)24(3,4)5/h8-14H,7,15H2,1-6H3,(H,26,30)/t25-/m0/s1. The molecule has 0 unspecified atom stereocenters. The van der Waals surface area contributed by atoms with Crippen molar-refractivity contribution < 1.29 is 19.1 Å². The van der Waals surface area contributed by atoms with E-state index in [0.29, 0.717) is 23.5 Å². The van der Waals surface area contributed by atoms with E-state index in [2.05, 4.69) is 26.1 Å². The van der Waals surface area contributed by atoms with Crippen molar-refractivity contribution in [1.82, 2.24) is 10.2 Å². The van der Waals surface area contributed by atoms with Gasteiger partial charge in [0, 0.05) is 11.1 Å². The van der Waals surface area contributed by atoms with E-state index in [0.717, 1.165) is 11.1 Å². The van der Waals surface area contributed by atoms with Crippen molar-refractivity contribution in [2.24, 2.45) is 0 Å². The van der Waals surface area contributed by atoms with E-state index >= 15 is 0 Å². The summed E-state index contributed by atoms with van der Waals surface area (Å²) in [5.74, 6) is 0.123. The maximum absolute atomic E-state index is 13.3. The van der Waals surface area contributed by atoms with Gasteiger partial charge in [-0.2, -0.15) is 0 Å². The third-order valence-corrected chi connectivity index (χ3v) is 5.70. The van der Waals surface area contributed by atoms with Gasteiger partial charge in [-0.25, -0.2) is 4.79 Å². The lowest BCUT2D eigenvalue weighted by atomic mass is 9.84. The van der Waals surface area contributed by atoms with Gasteiger partial charge >= 0.3 is 6.03 Å². The second-order valence-electron chi connectivity index (χ2n) is 9.09. The lowest BCUT2D eigenvalue weighted by Crippen LogP contribution is -2.40. The molecule has 1 N–H and O–H groups in total. The van der Waals surface area contributed by atoms with Gasteiger partial charge in [-0.3, -0.25) is 14.5 Å². The molecule has 1 fully saturated rings. The molecule has 164 valence electrons. The number of ketones is 1. The summed E-state index contributed by atoms with van der Waals surface area (Å²) in [6, 6.07) is 12.4. The molecule has 3 rings (SSSR count). The van der Waals surface area contributed by atoms with E-state index in [1.165, 1.54) is 11.8 Å². The summed E-state index contributed by atoms with van der Waals surface area (Å²) in [6.07, 6.45) is 0. The van der Waals surface area contributed by atoms with Crippen LogP contribution in [0.4, 0.5) is 4.79 Å². The lowest BCUT2D eigenvalue weighted by Gasteiger charge is -2.25. The molecule has 1 saturated heterocycles. The molecule has 1 atom stereocenters. The maximum Gasteiger partial charge on any atom is 0.325 e. The van der Waals surface area contributed by atoms with Crippen LogP contribution < -0.4 is 10.1 Å². The highest BCUT2D eigenvalue weighted by Gasteiger charge is 2.49. The van der Waals surface area contributed by atoms with Gasteiger partial charge in [0.1, 0.15) is 11.3 Å². The van der Waals surface area contributed by atoms with Gasteiger partial charge in [0.05, 0.1) is 13.2 Å². The van der Waals surface area contributed by atoms with E-state index in [4.69, 9.17) is 4.74 Å². The fourth-order valence-corrected chi connectivity index (χ4v) is 3.73. The fraction of sp³-hybridized carbons (Fsp3) is 0.400. The van der Waals surface area contributed by atoms with E-state index in [-0.39, 0.29) is 23.7 Å². The number of carbonyl (C=O) groups is 3. The summed E-state index contributed by atoms with van der Waals surface area (Å²) in [5, 5.41) is 2.84. The van der Waals surface area contributed by atoms with Crippen molar-refractivity contribution in [3.8, 4) is 5.75 Å². The molecule has 0 bridgehead atoms. The highest BCUT2D eigenvalue weighted by Crippen LogP contribution is 2.33. The second-order valence-corrected chi connectivity index (χ2v) is 9.09. The summed E-state index contributed by atoms with van der Waals surface area (Å²) in [4.78, 5) is 39.1. The third-order valence-electron chi connectivity index (χ3n) is 5.70. The molecule has 6 heteroatoms. The van der Waals surface area contributed by atoms with E-state index in [1.807, 2.05) is 31.2 Å². The average Bonchev–Trinajstić information content (AvgIpc) is 2.92. The molecule has 1 heterocycles. The Morgan fingerprint density at radius 3 is 2.29 bits per heavy atom. The molecule has 0 aromatic heterocycles. The van der Waals surface area contributed by atoms with Crippen LogP contribution in [0.5, 0.6) is 5.75 Å². The predicted octanol–water partition coefficient (Wildman–Crippen LogP) is 4.55. The SMILES string of the molecule is CCOc1ccc(C(C)=O)cc1CN1C(=O)N[C@@](C)(c2ccc(C(C)(C)C)cc2)C1=O. The molecule has 0 spiro atoms. The number of hydrogen-bond acceptors (Lipinski definition) is 4. The first kappa shape index (κ1) is 22.5. The molecular formula is C25H30N2O4. The summed E-state index contributed by atoms with van der Waals surface area (Å²) in [7, 11) is 0. The van der Waals surface area contributed by atoms with Gasteiger partial charge in [-0.05, 0) is 55.5 Å². The number of nitrogens with one attached hydrogen (secondary N) is 1. The van der Waals surface area contributed by atoms with Crippen molar-refractivity contribution >= 4 is 17.7 Å². The van der Waals surface area contributed by atoms with Crippen LogP contribution in [0.2, 0.25) is 0 Å². The van der Waals surface area contributed by atoms with E-state index in [9.17, 15) is 14.4 Å². The molecule has 6 nitrogen and oxygen atoms in total. The van der Waals surface area contributed by atoms with Crippen LogP contribution >= 0.6 is 0 Å². The minimum absolute atomic E-state index is 0.00812. The van der Waals surface area contributed by atoms with Gasteiger partial charge in [0.15, 0.2) is 5.78 Å². The van der Waals surface area contributed by atoms with Crippen LogP contribution in [0.25, 0.3) is 0 Å². The first-order valence-corrected chi connectivity index (χ1v) is 10.5. The number of imide groups is 1. The zero-order valence-corrected chi connectivity index (χ0v) is 19.0. The zero-order valence-electron chi connectivity index (χ0n) is 19.0. The largest absolute Gasteiger partial charge is 0.494 e. The van der Waals surface area contributed by atoms with Gasteiger partial charge < -0.3 is 10.1 Å². The van der Waals surface area contributed by atoms with Crippen LogP contribution in [0.3, 0.4) is 0 Å². The Labute approximate surface area is 183 Å². The number of urea groups is 1. The van der Waals surface area contributed by atoms with Crippen LogP contribution in [0.15, 0.2) is 42.5 Å². The number of ether oxygens (including phenoxy) is 1. The van der Waals surface area contributed by atoms with E-state index < -0.39 is 11.6 Å². The van der Waals surface area contributed by atoms with Gasteiger partial charge in [-0.1, -0.05) is 45.0 Å². The van der Waals surface area contributed by atoms with Crippen LogP contribution in [0, 0.1) is 0 Å². The number of amides is 3. The Hall–Kier alpha value is -3.15. The van der Waals surface area contributed by atoms with Gasteiger partial charge in [-0.15, -0.1) is 0 Å². The Bertz CT molecular complexity index is 1020. The summed E-state index contributed by atoms with van der Waals surface area (Å²) in [6.45, 7) is 11.9. The van der Waals surface area contributed by atoms with Crippen LogP contribution in [-0.2, 0) is 22.3 Å². The minimum atomic E-state index is -1.16. The Morgan fingerprint density at radius 2 is 1.74 bits per heavy atom. The molecule has 0 radical (unpaired) electrons. The molecule has 2 aromatic carbocycles. The normalized spacial score (nSPS) is 18.8. The molecule has 31 heavy (non-hydrogen) atoms. The smallest absolute Gasteiger partial charge is 0.325 e. The van der Waals surface area contributed by atoms with Crippen LogP contribution in [-0.4, -0.2) is 29.2 Å². The fourth-order valence-electron chi connectivity index (χ4n) is 3.73. The molecule has 3 amide bonds. The molecule has 0 saturated carbocycles. The number of benzene rings is 2. The van der Waals surface area contributed by atoms with E-state index in [1.54, 1.807) is 25.1 Å². The molecule has 1 aliphatic rings. The number of Topliss-reactive ketones (excluding diaryl/α,β-unsaturated/α-hetero) is 1. The second kappa shape index (κ2) is 8.17. The molecule has 2 aromatic rings. The summed E-state index contributed by atoms with van der Waals surface area (Å²) < 4.78 is 5.65. The lowest BCUT2D eigenvalue weighted by molar-refractivity contribution is -0.131. The van der Waals surface area contributed by atoms with Crippen molar-refractivity contribution in [3.63, 3.8) is 0 Å². The third kappa shape index (κ3) is 4.33. The molecule has 1 aliphatic heterocycles. The quantitative estimate of drug-likeness (QED) is 0.547. The highest BCUT2D eigenvalue weighted by molar-refractivity contribution is 6.07. The first-order chi connectivity index (χ1) is 14.5. The zero-order chi connectivity index (χ0) is 23.0. The topological polar surface area (TPSA) is 75.7 Å². The molecular weight excluding hydrogens is 392 g/mol. The Kier molecular flexibility index (Phi) is 5.94. The Morgan fingerprint density at radius 1 is 1.10 bits per heavy atom. The maximum atomic E-state index is 13.3. The highest BCUT2D eigenvalue weighted by atomic mass is 16.5. The molecule has 0 aliphatic carbocycles. The summed E-state index contributed by atoms with van der Waals surface area (Å²) in [5.41, 5.74) is 1.83. The predicted molar refractivity (Wildman–Crippen MR) is 119 cm³/mol. The Balaban J connectivity index is 1.92. The van der Waals surface area contributed by atoms with Gasteiger partial charge in [0.2, 0.25) is 0 Å². The monoisotopic (exact) mass is 422 g/mol. The summed E-state index contributed by atoms with van der Waals surface area (Å²) >= 11 is 0. The van der Waals surface area contributed by atoms with Crippen molar-refractivity contribution in [1.29, 1.82) is 0 Å². The van der Waals surface area contributed by atoms with Crippen molar-refractivity contribution in [3.05, 3.63) is 64.7 Å². The number of hydrogen-bond donors (Lipinski definition) is 1. The number of nitrogens with zero attached hydrogens (tertiary/aromatic N) is 1. The minimum Gasteiger partial charge on any atom is -0.494 e.